The number of carbonyl (C=O) groups excluding carboxylic acids is 1. The van der Waals surface area contributed by atoms with Crippen LogP contribution in [0.2, 0.25) is 0 Å². The first-order valence-corrected chi connectivity index (χ1v) is 7.82. The average molecular weight is 346 g/mol. The summed E-state index contributed by atoms with van der Waals surface area (Å²) in [7, 11) is 1.63. The van der Waals surface area contributed by atoms with Crippen molar-refractivity contribution in [3.05, 3.63) is 46.8 Å². The zero-order valence-electron chi connectivity index (χ0n) is 14.5. The quantitative estimate of drug-likeness (QED) is 0.712. The Labute approximate surface area is 145 Å². The summed E-state index contributed by atoms with van der Waals surface area (Å²) in [4.78, 5) is 22.9. The molecule has 0 fully saturated rings. The summed E-state index contributed by atoms with van der Waals surface area (Å²) < 4.78 is 6.84. The Bertz CT molecular complexity index is 753. The molecular weight excluding hydrogens is 324 g/mol. The number of carboxylic acid groups (broad SMARTS) is 1. The van der Waals surface area contributed by atoms with E-state index in [1.165, 1.54) is 12.1 Å². The number of aromatic nitrogens is 2. The molecule has 1 aromatic carbocycles. The molecule has 3 N–H and O–H groups in total. The van der Waals surface area contributed by atoms with E-state index in [9.17, 15) is 9.59 Å². The first-order chi connectivity index (χ1) is 11.9. The van der Waals surface area contributed by atoms with Gasteiger partial charge in [-0.15, -0.1) is 0 Å². The fourth-order valence-electron chi connectivity index (χ4n) is 2.38. The van der Waals surface area contributed by atoms with Gasteiger partial charge in [-0.1, -0.05) is 12.1 Å². The summed E-state index contributed by atoms with van der Waals surface area (Å²) in [6.45, 7) is 5.16. The number of anilines is 1. The van der Waals surface area contributed by atoms with E-state index < -0.39 is 5.97 Å². The number of hydrogen-bond donors (Lipinski definition) is 3. The highest BCUT2D eigenvalue weighted by Gasteiger charge is 2.14. The minimum Gasteiger partial charge on any atom is -0.478 e. The molecule has 0 radical (unpaired) electrons. The van der Waals surface area contributed by atoms with Gasteiger partial charge in [0.1, 0.15) is 0 Å². The normalized spacial score (nSPS) is 10.5. The Balaban J connectivity index is 1.94. The molecule has 134 valence electrons. The number of aryl methyl sites for hydroxylation is 1. The predicted molar refractivity (Wildman–Crippen MR) is 92.8 cm³/mol. The smallest absolute Gasteiger partial charge is 0.335 e. The molecule has 2 amide bonds. The van der Waals surface area contributed by atoms with Gasteiger partial charge in [0.15, 0.2) is 0 Å². The van der Waals surface area contributed by atoms with Crippen molar-refractivity contribution in [3.63, 3.8) is 0 Å². The molecule has 0 spiro atoms. The monoisotopic (exact) mass is 346 g/mol. The Morgan fingerprint density at radius 3 is 2.52 bits per heavy atom. The molecular formula is C17H22N4O4. The zero-order chi connectivity index (χ0) is 18.4. The zero-order valence-corrected chi connectivity index (χ0v) is 14.5. The van der Waals surface area contributed by atoms with E-state index >= 15 is 0 Å². The van der Waals surface area contributed by atoms with Crippen LogP contribution in [-0.2, 0) is 17.8 Å². The van der Waals surface area contributed by atoms with E-state index in [-0.39, 0.29) is 11.6 Å². The molecule has 1 heterocycles. The van der Waals surface area contributed by atoms with Gasteiger partial charge in [0.05, 0.1) is 35.8 Å². The van der Waals surface area contributed by atoms with Gasteiger partial charge >= 0.3 is 12.0 Å². The van der Waals surface area contributed by atoms with Crippen LogP contribution in [0.25, 0.3) is 0 Å². The minimum absolute atomic E-state index is 0.211. The van der Waals surface area contributed by atoms with Crippen LogP contribution in [0.5, 0.6) is 0 Å². The standard InChI is InChI=1S/C17H22N4O4/c1-11-15(12(2)21(20-11)8-9-25-3)19-17(24)18-10-13-4-6-14(7-5-13)16(22)23/h4-7H,8-10H2,1-3H3,(H,22,23)(H2,18,19,24). The molecule has 25 heavy (non-hydrogen) atoms. The number of carboxylic acids is 1. The largest absolute Gasteiger partial charge is 0.478 e. The maximum Gasteiger partial charge on any atom is 0.335 e. The molecule has 0 saturated heterocycles. The molecule has 0 atom stereocenters. The number of nitrogens with one attached hydrogen (secondary N) is 2. The third-order valence-electron chi connectivity index (χ3n) is 3.78. The lowest BCUT2D eigenvalue weighted by atomic mass is 10.1. The SMILES string of the molecule is COCCn1nc(C)c(NC(=O)NCc2ccc(C(=O)O)cc2)c1C. The molecule has 0 saturated carbocycles. The average Bonchev–Trinajstić information content (AvgIpc) is 2.86. The van der Waals surface area contributed by atoms with Crippen LogP contribution in [-0.4, -0.2) is 40.6 Å². The lowest BCUT2D eigenvalue weighted by Gasteiger charge is -2.09. The van der Waals surface area contributed by atoms with Crippen LogP contribution in [0.3, 0.4) is 0 Å². The number of aromatic carboxylic acids is 1. The molecule has 1 aromatic heterocycles. The van der Waals surface area contributed by atoms with E-state index in [4.69, 9.17) is 9.84 Å². The number of hydrogen-bond acceptors (Lipinski definition) is 4. The topological polar surface area (TPSA) is 105 Å². The van der Waals surface area contributed by atoms with E-state index in [1.807, 2.05) is 13.8 Å². The number of rotatable bonds is 7. The molecule has 2 aromatic rings. The van der Waals surface area contributed by atoms with Crippen molar-refractivity contribution in [1.82, 2.24) is 15.1 Å². The summed E-state index contributed by atoms with van der Waals surface area (Å²) in [5.41, 5.74) is 3.28. The second-order valence-electron chi connectivity index (χ2n) is 5.57. The van der Waals surface area contributed by atoms with Crippen molar-refractivity contribution in [1.29, 1.82) is 0 Å². The maximum absolute atomic E-state index is 12.1. The van der Waals surface area contributed by atoms with Crippen LogP contribution >= 0.6 is 0 Å². The molecule has 0 unspecified atom stereocenters. The lowest BCUT2D eigenvalue weighted by molar-refractivity contribution is 0.0697. The highest BCUT2D eigenvalue weighted by atomic mass is 16.5. The van der Waals surface area contributed by atoms with Gasteiger partial charge in [-0.25, -0.2) is 9.59 Å². The fraction of sp³-hybridized carbons (Fsp3) is 0.353. The number of methoxy groups -OCH3 is 1. The first kappa shape index (κ1) is 18.5. The number of urea groups is 1. The summed E-state index contributed by atoms with van der Waals surface area (Å²) in [5, 5.41) is 18.8. The van der Waals surface area contributed by atoms with Gasteiger partial charge in [0.2, 0.25) is 0 Å². The molecule has 8 nitrogen and oxygen atoms in total. The van der Waals surface area contributed by atoms with Crippen molar-refractivity contribution in [2.45, 2.75) is 26.9 Å². The maximum atomic E-state index is 12.1. The first-order valence-electron chi connectivity index (χ1n) is 7.82. The van der Waals surface area contributed by atoms with Crippen molar-refractivity contribution < 1.29 is 19.4 Å². The van der Waals surface area contributed by atoms with Crippen LogP contribution in [0.4, 0.5) is 10.5 Å². The Morgan fingerprint density at radius 2 is 1.92 bits per heavy atom. The van der Waals surface area contributed by atoms with Crippen molar-refractivity contribution in [3.8, 4) is 0 Å². The molecule has 2 rings (SSSR count). The Morgan fingerprint density at radius 1 is 1.24 bits per heavy atom. The van der Waals surface area contributed by atoms with Gasteiger partial charge in [-0.05, 0) is 31.5 Å². The van der Waals surface area contributed by atoms with Crippen LogP contribution < -0.4 is 10.6 Å². The number of nitrogens with zero attached hydrogens (tertiary/aromatic N) is 2. The second kappa shape index (κ2) is 8.29. The van der Waals surface area contributed by atoms with E-state index in [0.29, 0.717) is 25.4 Å². The second-order valence-corrected chi connectivity index (χ2v) is 5.57. The van der Waals surface area contributed by atoms with Gasteiger partial charge in [0.25, 0.3) is 0 Å². The predicted octanol–water partition coefficient (Wildman–Crippen LogP) is 2.17. The number of amides is 2. The summed E-state index contributed by atoms with van der Waals surface area (Å²) in [5.74, 6) is -0.978. The molecule has 0 aliphatic carbocycles. The third kappa shape index (κ3) is 4.80. The van der Waals surface area contributed by atoms with E-state index in [1.54, 1.807) is 23.9 Å². The highest BCUT2D eigenvalue weighted by molar-refractivity contribution is 5.90. The molecule has 8 heteroatoms. The van der Waals surface area contributed by atoms with Gasteiger partial charge in [0, 0.05) is 13.7 Å². The van der Waals surface area contributed by atoms with Gasteiger partial charge < -0.3 is 20.5 Å². The molecule has 0 bridgehead atoms. The Kier molecular flexibility index (Phi) is 6.13. The van der Waals surface area contributed by atoms with E-state index in [2.05, 4.69) is 15.7 Å². The van der Waals surface area contributed by atoms with Gasteiger partial charge in [-0.2, -0.15) is 5.10 Å². The van der Waals surface area contributed by atoms with Crippen LogP contribution in [0.1, 0.15) is 27.3 Å². The summed E-state index contributed by atoms with van der Waals surface area (Å²) in [6.07, 6.45) is 0. The third-order valence-corrected chi connectivity index (χ3v) is 3.78. The fourth-order valence-corrected chi connectivity index (χ4v) is 2.38. The van der Waals surface area contributed by atoms with Crippen molar-refractivity contribution >= 4 is 17.7 Å². The summed E-state index contributed by atoms with van der Waals surface area (Å²) >= 11 is 0. The molecule has 0 aliphatic rings. The Hall–Kier alpha value is -2.87. The summed E-state index contributed by atoms with van der Waals surface area (Å²) in [6, 6.07) is 6.00. The van der Waals surface area contributed by atoms with Crippen LogP contribution in [0.15, 0.2) is 24.3 Å². The van der Waals surface area contributed by atoms with Crippen molar-refractivity contribution in [2.24, 2.45) is 0 Å². The minimum atomic E-state index is -0.978. The number of benzene rings is 1. The lowest BCUT2D eigenvalue weighted by Crippen LogP contribution is -2.28. The molecule has 0 aliphatic heterocycles. The number of ether oxygens (including phenoxy) is 1. The van der Waals surface area contributed by atoms with E-state index in [0.717, 1.165) is 17.0 Å². The number of carbonyl (C=O) groups is 2. The highest BCUT2D eigenvalue weighted by Crippen LogP contribution is 2.19. The van der Waals surface area contributed by atoms with Gasteiger partial charge in [-0.3, -0.25) is 4.68 Å². The van der Waals surface area contributed by atoms with Crippen molar-refractivity contribution in [2.75, 3.05) is 19.0 Å². The van der Waals surface area contributed by atoms with Crippen LogP contribution in [0, 0.1) is 13.8 Å².